The Balaban J connectivity index is 2.00. The normalized spacial score (nSPS) is 13.6. The predicted octanol–water partition coefficient (Wildman–Crippen LogP) is 1.91. The molecule has 0 saturated heterocycles. The van der Waals surface area contributed by atoms with Gasteiger partial charge in [0.1, 0.15) is 12.7 Å². The van der Waals surface area contributed by atoms with E-state index < -0.39 is 10.0 Å². The van der Waals surface area contributed by atoms with Crippen LogP contribution in [0.15, 0.2) is 42.3 Å². The zero-order valence-corrected chi connectivity index (χ0v) is 12.9. The van der Waals surface area contributed by atoms with E-state index in [1.807, 2.05) is 0 Å². The van der Waals surface area contributed by atoms with Crippen LogP contribution in [0.3, 0.4) is 0 Å². The van der Waals surface area contributed by atoms with Crippen molar-refractivity contribution in [3.63, 3.8) is 0 Å². The van der Waals surface area contributed by atoms with Crippen LogP contribution in [0.1, 0.15) is 12.5 Å². The Morgan fingerprint density at radius 2 is 2.19 bits per heavy atom. The van der Waals surface area contributed by atoms with Gasteiger partial charge in [0.05, 0.1) is 6.54 Å². The van der Waals surface area contributed by atoms with Gasteiger partial charge in [-0.15, -0.1) is 0 Å². The molecule has 0 fully saturated rings. The summed E-state index contributed by atoms with van der Waals surface area (Å²) in [5.74, 6) is 0. The fraction of sp³-hybridized carbons (Fsp3) is 0.231. The molecule has 0 saturated carbocycles. The molecule has 21 heavy (non-hydrogen) atoms. The Morgan fingerprint density at radius 3 is 2.86 bits per heavy atom. The first-order valence-electron chi connectivity index (χ1n) is 6.23. The summed E-state index contributed by atoms with van der Waals surface area (Å²) in [6.07, 6.45) is 4.40. The number of hydrogen-bond donors (Lipinski definition) is 1. The van der Waals surface area contributed by atoms with Crippen molar-refractivity contribution >= 4 is 27.7 Å². The summed E-state index contributed by atoms with van der Waals surface area (Å²) in [6, 6.07) is 6.71. The lowest BCUT2D eigenvalue weighted by molar-refractivity contribution is 0.496. The molecule has 1 atom stereocenters. The van der Waals surface area contributed by atoms with Crippen molar-refractivity contribution in [1.82, 2.24) is 19.5 Å². The largest absolute Gasteiger partial charge is 0.251 e. The van der Waals surface area contributed by atoms with Gasteiger partial charge in [0.2, 0.25) is 10.0 Å². The summed E-state index contributed by atoms with van der Waals surface area (Å²) in [5, 5.41) is 5.53. The summed E-state index contributed by atoms with van der Waals surface area (Å²) < 4.78 is 28.0. The van der Waals surface area contributed by atoms with Crippen LogP contribution in [0.25, 0.3) is 6.08 Å². The van der Waals surface area contributed by atoms with Gasteiger partial charge < -0.3 is 0 Å². The third-order valence-electron chi connectivity index (χ3n) is 2.62. The van der Waals surface area contributed by atoms with Crippen LogP contribution in [0, 0.1) is 0 Å². The Labute approximate surface area is 128 Å². The van der Waals surface area contributed by atoms with Gasteiger partial charge in [0.25, 0.3) is 0 Å². The first-order chi connectivity index (χ1) is 9.96. The topological polar surface area (TPSA) is 76.9 Å². The lowest BCUT2D eigenvalue weighted by Crippen LogP contribution is -2.34. The molecule has 2 aromatic rings. The molecule has 0 amide bonds. The Morgan fingerprint density at radius 1 is 1.43 bits per heavy atom. The van der Waals surface area contributed by atoms with E-state index in [1.165, 1.54) is 18.7 Å². The van der Waals surface area contributed by atoms with Crippen molar-refractivity contribution < 1.29 is 8.42 Å². The molecule has 1 heterocycles. The number of aromatic nitrogens is 3. The third-order valence-corrected chi connectivity index (χ3v) is 4.19. The van der Waals surface area contributed by atoms with Crippen molar-refractivity contribution in [1.29, 1.82) is 0 Å². The van der Waals surface area contributed by atoms with Crippen LogP contribution in [0.4, 0.5) is 0 Å². The fourth-order valence-corrected chi connectivity index (χ4v) is 2.98. The van der Waals surface area contributed by atoms with Crippen LogP contribution in [0.5, 0.6) is 0 Å². The Hall–Kier alpha value is -1.70. The zero-order valence-electron chi connectivity index (χ0n) is 11.3. The quantitative estimate of drug-likeness (QED) is 0.879. The molecule has 0 unspecified atom stereocenters. The van der Waals surface area contributed by atoms with Crippen LogP contribution >= 0.6 is 11.6 Å². The molecule has 0 aliphatic rings. The summed E-state index contributed by atoms with van der Waals surface area (Å²) in [6.45, 7) is 2.15. The molecule has 0 spiro atoms. The van der Waals surface area contributed by atoms with E-state index in [-0.39, 0.29) is 6.04 Å². The minimum absolute atomic E-state index is 0.312. The highest BCUT2D eigenvalue weighted by atomic mass is 35.5. The molecule has 0 bridgehead atoms. The van der Waals surface area contributed by atoms with Crippen LogP contribution < -0.4 is 4.72 Å². The summed E-state index contributed by atoms with van der Waals surface area (Å²) in [4.78, 5) is 3.80. The van der Waals surface area contributed by atoms with Gasteiger partial charge in [0.15, 0.2) is 0 Å². The molecule has 8 heteroatoms. The van der Waals surface area contributed by atoms with E-state index >= 15 is 0 Å². The number of halogens is 1. The summed E-state index contributed by atoms with van der Waals surface area (Å²) >= 11 is 5.97. The van der Waals surface area contributed by atoms with E-state index in [1.54, 1.807) is 35.9 Å². The average Bonchev–Trinajstić information content (AvgIpc) is 2.90. The highest BCUT2D eigenvalue weighted by molar-refractivity contribution is 7.92. The number of hydrogen-bond acceptors (Lipinski definition) is 4. The molecule has 1 aromatic heterocycles. The Bertz CT molecular complexity index is 714. The van der Waals surface area contributed by atoms with E-state index in [9.17, 15) is 8.42 Å². The molecule has 0 aliphatic carbocycles. The maximum Gasteiger partial charge on any atom is 0.234 e. The molecule has 112 valence electrons. The number of benzene rings is 1. The van der Waals surface area contributed by atoms with Crippen molar-refractivity contribution in [2.75, 3.05) is 0 Å². The highest BCUT2D eigenvalue weighted by Crippen LogP contribution is 2.16. The van der Waals surface area contributed by atoms with Gasteiger partial charge in [-0.1, -0.05) is 29.8 Å². The minimum atomic E-state index is -3.55. The molecular weight excluding hydrogens is 312 g/mol. The zero-order chi connectivity index (χ0) is 15.3. The van der Waals surface area contributed by atoms with Crippen molar-refractivity contribution in [2.45, 2.75) is 19.5 Å². The summed E-state index contributed by atoms with van der Waals surface area (Å²) in [7, 11) is -3.55. The molecule has 2 rings (SSSR count). The van der Waals surface area contributed by atoms with Crippen molar-refractivity contribution in [3.8, 4) is 0 Å². The summed E-state index contributed by atoms with van der Waals surface area (Å²) in [5.41, 5.74) is 0.647. The standard InChI is InChI=1S/C13H15ClN4O2S/c1-11(8-18-10-15-9-16-18)17-21(19,20)7-6-12-4-2-3-5-13(12)14/h2-7,9-11,17H,8H2,1H3/b7-6+/t11-/m0/s1. The number of nitrogens with zero attached hydrogens (tertiary/aromatic N) is 3. The average molecular weight is 327 g/mol. The second kappa shape index (κ2) is 6.84. The maximum absolute atomic E-state index is 12.0. The molecule has 0 radical (unpaired) electrons. The van der Waals surface area contributed by atoms with E-state index in [4.69, 9.17) is 11.6 Å². The molecule has 1 aromatic carbocycles. The maximum atomic E-state index is 12.0. The smallest absolute Gasteiger partial charge is 0.234 e. The first kappa shape index (κ1) is 15.7. The molecular formula is C13H15ClN4O2S. The van der Waals surface area contributed by atoms with E-state index in [2.05, 4.69) is 14.8 Å². The van der Waals surface area contributed by atoms with Gasteiger partial charge in [-0.3, -0.25) is 4.68 Å². The number of sulfonamides is 1. The lowest BCUT2D eigenvalue weighted by Gasteiger charge is -2.11. The second-order valence-electron chi connectivity index (χ2n) is 4.51. The van der Waals surface area contributed by atoms with E-state index in [0.717, 1.165) is 5.41 Å². The first-order valence-corrected chi connectivity index (χ1v) is 8.16. The van der Waals surface area contributed by atoms with Crippen LogP contribution in [0.2, 0.25) is 5.02 Å². The van der Waals surface area contributed by atoms with Crippen molar-refractivity contribution in [3.05, 3.63) is 52.9 Å². The number of nitrogens with one attached hydrogen (secondary N) is 1. The van der Waals surface area contributed by atoms with Gasteiger partial charge in [-0.25, -0.2) is 18.1 Å². The second-order valence-corrected chi connectivity index (χ2v) is 6.51. The van der Waals surface area contributed by atoms with Gasteiger partial charge in [-0.2, -0.15) is 5.10 Å². The predicted molar refractivity (Wildman–Crippen MR) is 82.0 cm³/mol. The van der Waals surface area contributed by atoms with Crippen LogP contribution in [-0.2, 0) is 16.6 Å². The SMILES string of the molecule is C[C@@H](Cn1cncn1)NS(=O)(=O)/C=C/c1ccccc1Cl. The monoisotopic (exact) mass is 326 g/mol. The lowest BCUT2D eigenvalue weighted by atomic mass is 10.2. The van der Waals surface area contributed by atoms with Crippen LogP contribution in [-0.4, -0.2) is 29.2 Å². The highest BCUT2D eigenvalue weighted by Gasteiger charge is 2.12. The van der Waals surface area contributed by atoms with Gasteiger partial charge >= 0.3 is 0 Å². The van der Waals surface area contributed by atoms with Gasteiger partial charge in [0, 0.05) is 16.5 Å². The third kappa shape index (κ3) is 4.96. The molecule has 0 aliphatic heterocycles. The fourth-order valence-electron chi connectivity index (χ4n) is 1.74. The van der Waals surface area contributed by atoms with Crippen molar-refractivity contribution in [2.24, 2.45) is 0 Å². The molecule has 6 nitrogen and oxygen atoms in total. The van der Waals surface area contributed by atoms with E-state index in [0.29, 0.717) is 17.1 Å². The molecule has 1 N–H and O–H groups in total. The van der Waals surface area contributed by atoms with Gasteiger partial charge in [-0.05, 0) is 24.6 Å². The Kier molecular flexibility index (Phi) is 5.11. The number of rotatable bonds is 6. The minimum Gasteiger partial charge on any atom is -0.251 e.